The second-order valence-corrected chi connectivity index (χ2v) is 6.73. The van der Waals surface area contributed by atoms with Gasteiger partial charge in [0.05, 0.1) is 6.54 Å². The molecule has 0 saturated heterocycles. The topological polar surface area (TPSA) is 75.4 Å². The van der Waals surface area contributed by atoms with Crippen molar-refractivity contribution in [1.29, 1.82) is 0 Å². The Bertz CT molecular complexity index is 517. The van der Waals surface area contributed by atoms with E-state index in [0.717, 1.165) is 4.47 Å². The maximum Gasteiger partial charge on any atom is 0.251 e. The summed E-state index contributed by atoms with van der Waals surface area (Å²) in [7, 11) is 1.71. The van der Waals surface area contributed by atoms with E-state index in [4.69, 9.17) is 5.73 Å². The molecule has 0 aliphatic heterocycles. The number of rotatable bonds is 6. The number of amides is 2. The van der Waals surface area contributed by atoms with Crippen molar-refractivity contribution in [3.05, 3.63) is 34.3 Å². The number of halogens is 1. The number of hydrogen-bond donors (Lipinski definition) is 2. The summed E-state index contributed by atoms with van der Waals surface area (Å²) < 4.78 is 0.822. The fourth-order valence-corrected chi connectivity index (χ4v) is 2.22. The lowest BCUT2D eigenvalue weighted by Crippen LogP contribution is -2.44. The lowest BCUT2D eigenvalue weighted by atomic mass is 9.93. The monoisotopic (exact) mass is 355 g/mol. The van der Waals surface area contributed by atoms with Gasteiger partial charge in [0.15, 0.2) is 0 Å². The van der Waals surface area contributed by atoms with Crippen molar-refractivity contribution >= 4 is 27.7 Å². The molecular weight excluding hydrogens is 334 g/mol. The summed E-state index contributed by atoms with van der Waals surface area (Å²) in [5, 5.41) is 2.63. The van der Waals surface area contributed by atoms with Crippen LogP contribution in [0.4, 0.5) is 0 Å². The molecule has 0 saturated carbocycles. The van der Waals surface area contributed by atoms with Crippen molar-refractivity contribution in [2.24, 2.45) is 11.1 Å². The molecule has 0 spiro atoms. The molecule has 0 unspecified atom stereocenters. The number of likely N-dealkylation sites (N-methyl/N-ethyl adjacent to an activating group) is 1. The van der Waals surface area contributed by atoms with Crippen LogP contribution in [-0.2, 0) is 4.79 Å². The van der Waals surface area contributed by atoms with Gasteiger partial charge in [0.1, 0.15) is 0 Å². The molecule has 0 fully saturated rings. The van der Waals surface area contributed by atoms with E-state index in [1.165, 1.54) is 0 Å². The second kappa shape index (κ2) is 7.56. The summed E-state index contributed by atoms with van der Waals surface area (Å²) in [5.74, 6) is -0.406. The molecular formula is C15H22BrN3O2. The highest BCUT2D eigenvalue weighted by Gasteiger charge is 2.21. The van der Waals surface area contributed by atoms with Crippen molar-refractivity contribution < 1.29 is 9.59 Å². The van der Waals surface area contributed by atoms with Gasteiger partial charge < -0.3 is 16.0 Å². The van der Waals surface area contributed by atoms with Crippen LogP contribution in [0.25, 0.3) is 0 Å². The summed E-state index contributed by atoms with van der Waals surface area (Å²) in [5.41, 5.74) is 6.03. The molecule has 0 atom stereocenters. The van der Waals surface area contributed by atoms with E-state index in [1.54, 1.807) is 30.1 Å². The maximum atomic E-state index is 12.0. The summed E-state index contributed by atoms with van der Waals surface area (Å²) in [6.45, 7) is 5.01. The Morgan fingerprint density at radius 1 is 1.38 bits per heavy atom. The number of hydrogen-bond acceptors (Lipinski definition) is 3. The molecule has 0 bridgehead atoms. The van der Waals surface area contributed by atoms with Crippen molar-refractivity contribution in [3.8, 4) is 0 Å². The highest BCUT2D eigenvalue weighted by Crippen LogP contribution is 2.14. The van der Waals surface area contributed by atoms with Crippen molar-refractivity contribution in [1.82, 2.24) is 10.2 Å². The molecule has 5 nitrogen and oxygen atoms in total. The Hall–Kier alpha value is -1.40. The Labute approximate surface area is 134 Å². The van der Waals surface area contributed by atoms with Gasteiger partial charge in [-0.05, 0) is 30.2 Å². The molecule has 0 aliphatic rings. The highest BCUT2D eigenvalue weighted by atomic mass is 79.9. The van der Waals surface area contributed by atoms with Gasteiger partial charge in [-0.2, -0.15) is 0 Å². The smallest absolute Gasteiger partial charge is 0.251 e. The zero-order valence-electron chi connectivity index (χ0n) is 12.6. The Morgan fingerprint density at radius 3 is 2.62 bits per heavy atom. The van der Waals surface area contributed by atoms with E-state index >= 15 is 0 Å². The van der Waals surface area contributed by atoms with Crippen LogP contribution in [0.3, 0.4) is 0 Å². The fraction of sp³-hybridized carbons (Fsp3) is 0.467. The van der Waals surface area contributed by atoms with Crippen LogP contribution in [0, 0.1) is 5.41 Å². The van der Waals surface area contributed by atoms with Gasteiger partial charge >= 0.3 is 0 Å². The first-order valence-electron chi connectivity index (χ1n) is 6.73. The average Bonchev–Trinajstić information content (AvgIpc) is 2.43. The lowest BCUT2D eigenvalue weighted by Gasteiger charge is -2.29. The van der Waals surface area contributed by atoms with Gasteiger partial charge in [-0.15, -0.1) is 0 Å². The first-order valence-corrected chi connectivity index (χ1v) is 7.52. The molecule has 1 aromatic rings. The van der Waals surface area contributed by atoms with Gasteiger partial charge in [0.2, 0.25) is 5.91 Å². The number of carbonyl (C=O) groups is 2. The molecule has 1 aromatic carbocycles. The Kier molecular flexibility index (Phi) is 6.36. The number of nitrogens with zero attached hydrogens (tertiary/aromatic N) is 1. The third kappa shape index (κ3) is 5.85. The highest BCUT2D eigenvalue weighted by molar-refractivity contribution is 9.10. The van der Waals surface area contributed by atoms with Gasteiger partial charge in [0.25, 0.3) is 5.91 Å². The number of nitrogens with two attached hydrogens (primary N) is 1. The third-order valence-electron chi connectivity index (χ3n) is 3.13. The fourth-order valence-electron chi connectivity index (χ4n) is 1.82. The Morgan fingerprint density at radius 2 is 2.05 bits per heavy atom. The van der Waals surface area contributed by atoms with E-state index in [0.29, 0.717) is 18.7 Å². The minimum absolute atomic E-state index is 0.0253. The predicted octanol–water partition coefficient (Wildman–Crippen LogP) is 1.62. The van der Waals surface area contributed by atoms with Crippen LogP contribution in [0.15, 0.2) is 28.7 Å². The molecule has 6 heteroatoms. The van der Waals surface area contributed by atoms with E-state index in [9.17, 15) is 9.59 Å². The number of benzene rings is 1. The summed E-state index contributed by atoms with van der Waals surface area (Å²) >= 11 is 3.31. The van der Waals surface area contributed by atoms with Gasteiger partial charge in [0, 0.05) is 23.6 Å². The maximum absolute atomic E-state index is 12.0. The molecule has 116 valence electrons. The van der Waals surface area contributed by atoms with Crippen LogP contribution in [0.5, 0.6) is 0 Å². The van der Waals surface area contributed by atoms with Crippen LogP contribution < -0.4 is 11.1 Å². The predicted molar refractivity (Wildman–Crippen MR) is 86.9 cm³/mol. The molecule has 3 N–H and O–H groups in total. The molecule has 0 aliphatic carbocycles. The Balaban J connectivity index is 2.51. The largest absolute Gasteiger partial charge is 0.344 e. The minimum atomic E-state index is -0.267. The van der Waals surface area contributed by atoms with Crippen LogP contribution in [0.1, 0.15) is 24.2 Å². The van der Waals surface area contributed by atoms with E-state index in [-0.39, 0.29) is 23.8 Å². The second-order valence-electron chi connectivity index (χ2n) is 5.81. The van der Waals surface area contributed by atoms with Crippen molar-refractivity contribution in [2.75, 3.05) is 26.7 Å². The molecule has 1 rings (SSSR count). The molecule has 0 heterocycles. The van der Waals surface area contributed by atoms with Crippen LogP contribution >= 0.6 is 15.9 Å². The van der Waals surface area contributed by atoms with Crippen molar-refractivity contribution in [3.63, 3.8) is 0 Å². The molecule has 0 aromatic heterocycles. The van der Waals surface area contributed by atoms with E-state index in [2.05, 4.69) is 21.2 Å². The number of carbonyl (C=O) groups excluding carboxylic acids is 2. The first-order chi connectivity index (χ1) is 9.75. The van der Waals surface area contributed by atoms with Gasteiger partial charge in [-0.25, -0.2) is 0 Å². The third-order valence-corrected chi connectivity index (χ3v) is 3.62. The number of nitrogens with one attached hydrogen (secondary N) is 1. The quantitative estimate of drug-likeness (QED) is 0.813. The summed E-state index contributed by atoms with van der Waals surface area (Å²) in [4.78, 5) is 25.5. The standard InChI is InChI=1S/C15H22BrN3O2/c1-15(2,9-17)10-19(3)13(20)8-18-14(21)11-5-4-6-12(16)7-11/h4-7H,8-10,17H2,1-3H3,(H,18,21). The molecule has 2 amide bonds. The van der Waals surface area contributed by atoms with Crippen molar-refractivity contribution in [2.45, 2.75) is 13.8 Å². The van der Waals surface area contributed by atoms with Gasteiger partial charge in [-0.3, -0.25) is 9.59 Å². The summed E-state index contributed by atoms with van der Waals surface area (Å²) in [6, 6.07) is 7.02. The average molecular weight is 356 g/mol. The van der Waals surface area contributed by atoms with Crippen LogP contribution in [-0.4, -0.2) is 43.4 Å². The minimum Gasteiger partial charge on any atom is -0.344 e. The normalized spacial score (nSPS) is 11.1. The first kappa shape index (κ1) is 17.7. The zero-order chi connectivity index (χ0) is 16.0. The van der Waals surface area contributed by atoms with Crippen LogP contribution in [0.2, 0.25) is 0 Å². The summed E-state index contributed by atoms with van der Waals surface area (Å²) in [6.07, 6.45) is 0. The van der Waals surface area contributed by atoms with E-state index in [1.807, 2.05) is 19.9 Å². The molecule has 0 radical (unpaired) electrons. The SMILES string of the molecule is CN(CC(C)(C)CN)C(=O)CNC(=O)c1cccc(Br)c1. The van der Waals surface area contributed by atoms with Gasteiger partial charge in [-0.1, -0.05) is 35.8 Å². The zero-order valence-corrected chi connectivity index (χ0v) is 14.2. The molecule has 21 heavy (non-hydrogen) atoms. The lowest BCUT2D eigenvalue weighted by molar-refractivity contribution is -0.130. The van der Waals surface area contributed by atoms with E-state index < -0.39 is 0 Å².